The van der Waals surface area contributed by atoms with Gasteiger partial charge in [0.05, 0.1) is 10.0 Å². The van der Waals surface area contributed by atoms with Gasteiger partial charge in [-0.15, -0.1) is 0 Å². The van der Waals surface area contributed by atoms with Crippen molar-refractivity contribution in [3.8, 4) is 0 Å². The van der Waals surface area contributed by atoms with E-state index < -0.39 is 17.2 Å². The number of nitrogens with one attached hydrogen (secondary N) is 1. The second-order valence-electron chi connectivity index (χ2n) is 6.18. The Balaban J connectivity index is 2.94. The van der Waals surface area contributed by atoms with Crippen molar-refractivity contribution >= 4 is 35.1 Å². The highest BCUT2D eigenvalue weighted by atomic mass is 35.5. The Morgan fingerprint density at radius 3 is 2.19 bits per heavy atom. The lowest BCUT2D eigenvalue weighted by molar-refractivity contribution is 0.0454. The third-order valence-electron chi connectivity index (χ3n) is 2.58. The van der Waals surface area contributed by atoms with E-state index in [9.17, 15) is 9.59 Å². The van der Waals surface area contributed by atoms with E-state index in [1.165, 1.54) is 0 Å². The number of amides is 1. The number of carbonyl (C=O) groups is 2. The molecule has 1 aromatic carbocycles. The van der Waals surface area contributed by atoms with E-state index in [1.807, 2.05) is 0 Å². The van der Waals surface area contributed by atoms with Gasteiger partial charge in [-0.1, -0.05) is 29.3 Å². The van der Waals surface area contributed by atoms with Gasteiger partial charge in [0.25, 0.3) is 0 Å². The quantitative estimate of drug-likeness (QED) is 0.830. The largest absolute Gasteiger partial charge is 0.444 e. The first-order chi connectivity index (χ1) is 9.44. The van der Waals surface area contributed by atoms with Crippen LogP contribution in [0.1, 0.15) is 45.0 Å². The Labute approximate surface area is 134 Å². The Morgan fingerprint density at radius 1 is 1.10 bits per heavy atom. The van der Waals surface area contributed by atoms with E-state index in [-0.39, 0.29) is 21.4 Å². The predicted molar refractivity (Wildman–Crippen MR) is 84.2 cm³/mol. The summed E-state index contributed by atoms with van der Waals surface area (Å²) in [6.07, 6.45) is -0.668. The number of halogens is 2. The predicted octanol–water partition coefficient (Wildman–Crippen LogP) is 4.48. The zero-order valence-corrected chi connectivity index (χ0v) is 14.2. The molecule has 1 N–H and O–H groups in total. The summed E-state index contributed by atoms with van der Waals surface area (Å²) in [5.74, 6) is -0.346. The lowest BCUT2D eigenvalue weighted by atomic mass is 9.93. The summed E-state index contributed by atoms with van der Waals surface area (Å²) in [4.78, 5) is 24.3. The standard InChI is InChI=1S/C15H19Cl2NO3/c1-14(2,3)21-13(20)18-15(4,5)12(19)9-7-6-8-10(16)11(9)17/h6-8H,1-5H3,(H,18,20). The van der Waals surface area contributed by atoms with Crippen molar-refractivity contribution in [3.05, 3.63) is 33.8 Å². The maximum absolute atomic E-state index is 12.5. The van der Waals surface area contributed by atoms with Crippen LogP contribution < -0.4 is 5.32 Å². The van der Waals surface area contributed by atoms with Crippen LogP contribution in [0.25, 0.3) is 0 Å². The van der Waals surface area contributed by atoms with Crippen molar-refractivity contribution in [2.45, 2.75) is 45.8 Å². The van der Waals surface area contributed by atoms with Gasteiger partial charge in [-0.2, -0.15) is 0 Å². The molecule has 0 saturated carbocycles. The first-order valence-electron chi connectivity index (χ1n) is 6.44. The van der Waals surface area contributed by atoms with Crippen LogP contribution in [0.4, 0.5) is 4.79 Å². The van der Waals surface area contributed by atoms with Crippen molar-refractivity contribution in [2.24, 2.45) is 0 Å². The molecule has 0 aliphatic rings. The van der Waals surface area contributed by atoms with Crippen molar-refractivity contribution in [3.63, 3.8) is 0 Å². The summed E-state index contributed by atoms with van der Waals surface area (Å²) in [6, 6.07) is 4.79. The Morgan fingerprint density at radius 2 is 1.67 bits per heavy atom. The Hall–Kier alpha value is -1.26. The van der Waals surface area contributed by atoms with Gasteiger partial charge in [0, 0.05) is 5.56 Å². The van der Waals surface area contributed by atoms with Crippen LogP contribution in [0.5, 0.6) is 0 Å². The monoisotopic (exact) mass is 331 g/mol. The first kappa shape index (κ1) is 17.8. The second kappa shape index (κ2) is 6.24. The molecule has 0 unspecified atom stereocenters. The summed E-state index contributed by atoms with van der Waals surface area (Å²) >= 11 is 11.9. The van der Waals surface area contributed by atoms with Gasteiger partial charge in [-0.3, -0.25) is 4.79 Å². The molecule has 0 fully saturated rings. The molecule has 0 bridgehead atoms. The smallest absolute Gasteiger partial charge is 0.408 e. The van der Waals surface area contributed by atoms with Gasteiger partial charge in [-0.05, 0) is 46.8 Å². The molecular weight excluding hydrogens is 313 g/mol. The number of ketones is 1. The molecule has 116 valence electrons. The van der Waals surface area contributed by atoms with Gasteiger partial charge >= 0.3 is 6.09 Å². The minimum absolute atomic E-state index is 0.170. The maximum Gasteiger partial charge on any atom is 0.408 e. The molecule has 21 heavy (non-hydrogen) atoms. The number of hydrogen-bond donors (Lipinski definition) is 1. The number of rotatable bonds is 3. The third-order valence-corrected chi connectivity index (χ3v) is 3.40. The zero-order valence-electron chi connectivity index (χ0n) is 12.7. The van der Waals surface area contributed by atoms with Crippen LogP contribution >= 0.6 is 23.2 Å². The van der Waals surface area contributed by atoms with Crippen molar-refractivity contribution < 1.29 is 14.3 Å². The molecule has 1 aromatic rings. The molecule has 0 aliphatic heterocycles. The summed E-state index contributed by atoms with van der Waals surface area (Å²) in [5, 5.41) is 3.00. The third kappa shape index (κ3) is 4.90. The minimum atomic E-state index is -1.17. The maximum atomic E-state index is 12.5. The average molecular weight is 332 g/mol. The van der Waals surface area contributed by atoms with Crippen LogP contribution in [0.2, 0.25) is 10.0 Å². The molecule has 1 rings (SSSR count). The lowest BCUT2D eigenvalue weighted by Gasteiger charge is -2.27. The SMILES string of the molecule is CC(C)(C)OC(=O)NC(C)(C)C(=O)c1cccc(Cl)c1Cl. The van der Waals surface area contributed by atoms with Gasteiger partial charge in [0.1, 0.15) is 11.1 Å². The minimum Gasteiger partial charge on any atom is -0.444 e. The Bertz CT molecular complexity index is 563. The molecule has 0 atom stereocenters. The topological polar surface area (TPSA) is 55.4 Å². The van der Waals surface area contributed by atoms with Gasteiger partial charge in [-0.25, -0.2) is 4.79 Å². The van der Waals surface area contributed by atoms with E-state index >= 15 is 0 Å². The second-order valence-corrected chi connectivity index (χ2v) is 6.97. The molecule has 0 radical (unpaired) electrons. The highest BCUT2D eigenvalue weighted by Gasteiger charge is 2.33. The van der Waals surface area contributed by atoms with Gasteiger partial charge in [0.2, 0.25) is 0 Å². The number of Topliss-reactive ketones (excluding diaryl/α,β-unsaturated/α-hetero) is 1. The summed E-state index contributed by atoms with van der Waals surface area (Å²) in [6.45, 7) is 8.40. The molecule has 4 nitrogen and oxygen atoms in total. The van der Waals surface area contributed by atoms with Crippen LogP contribution in [-0.4, -0.2) is 23.0 Å². The van der Waals surface area contributed by atoms with E-state index in [4.69, 9.17) is 27.9 Å². The van der Waals surface area contributed by atoms with Crippen LogP contribution in [0, 0.1) is 0 Å². The van der Waals surface area contributed by atoms with Gasteiger partial charge < -0.3 is 10.1 Å². The Kier molecular flexibility index (Phi) is 5.29. The van der Waals surface area contributed by atoms with Crippen LogP contribution in [-0.2, 0) is 4.74 Å². The van der Waals surface area contributed by atoms with Crippen LogP contribution in [0.3, 0.4) is 0 Å². The fourth-order valence-corrected chi connectivity index (χ4v) is 2.02. The fourth-order valence-electron chi connectivity index (χ4n) is 1.63. The molecule has 0 aliphatic carbocycles. The highest BCUT2D eigenvalue weighted by Crippen LogP contribution is 2.28. The summed E-state index contributed by atoms with van der Waals surface area (Å²) < 4.78 is 5.15. The molecule has 0 aromatic heterocycles. The molecule has 0 heterocycles. The number of carbonyl (C=O) groups excluding carboxylic acids is 2. The fraction of sp³-hybridized carbons (Fsp3) is 0.467. The highest BCUT2D eigenvalue weighted by molar-refractivity contribution is 6.44. The summed E-state index contributed by atoms with van der Waals surface area (Å²) in [7, 11) is 0. The number of alkyl carbamates (subject to hydrolysis) is 1. The average Bonchev–Trinajstić information content (AvgIpc) is 2.28. The zero-order chi connectivity index (χ0) is 16.4. The first-order valence-corrected chi connectivity index (χ1v) is 7.19. The number of benzene rings is 1. The lowest BCUT2D eigenvalue weighted by Crippen LogP contribution is -2.51. The molecule has 6 heteroatoms. The van der Waals surface area contributed by atoms with Gasteiger partial charge in [0.15, 0.2) is 5.78 Å². The van der Waals surface area contributed by atoms with E-state index in [0.29, 0.717) is 0 Å². The van der Waals surface area contributed by atoms with E-state index in [0.717, 1.165) is 0 Å². The number of hydrogen-bond acceptors (Lipinski definition) is 3. The van der Waals surface area contributed by atoms with Crippen molar-refractivity contribution in [2.75, 3.05) is 0 Å². The molecule has 1 amide bonds. The van der Waals surface area contributed by atoms with Crippen molar-refractivity contribution in [1.29, 1.82) is 0 Å². The number of ether oxygens (including phenoxy) is 1. The summed E-state index contributed by atoms with van der Waals surface area (Å²) in [5.41, 5.74) is -1.56. The van der Waals surface area contributed by atoms with Crippen molar-refractivity contribution in [1.82, 2.24) is 5.32 Å². The van der Waals surface area contributed by atoms with E-state index in [2.05, 4.69) is 5.32 Å². The normalized spacial score (nSPS) is 12.0. The molecule has 0 spiro atoms. The van der Waals surface area contributed by atoms with Crippen LogP contribution in [0.15, 0.2) is 18.2 Å². The molecular formula is C15H19Cl2NO3. The van der Waals surface area contributed by atoms with E-state index in [1.54, 1.807) is 52.8 Å². The molecule has 0 saturated heterocycles.